The van der Waals surface area contributed by atoms with Crippen molar-refractivity contribution in [3.63, 3.8) is 0 Å². The summed E-state index contributed by atoms with van der Waals surface area (Å²) in [7, 11) is 0. The highest BCUT2D eigenvalue weighted by Crippen LogP contribution is 2.11. The van der Waals surface area contributed by atoms with E-state index in [2.05, 4.69) is 28.9 Å². The van der Waals surface area contributed by atoms with E-state index in [1.54, 1.807) is 0 Å². The second-order valence-electron chi connectivity index (χ2n) is 4.99. The van der Waals surface area contributed by atoms with Crippen molar-refractivity contribution >= 4 is 0 Å². The lowest BCUT2D eigenvalue weighted by atomic mass is 10.1. The van der Waals surface area contributed by atoms with Gasteiger partial charge in [-0.2, -0.15) is 4.98 Å². The first-order chi connectivity index (χ1) is 7.63. The lowest BCUT2D eigenvalue weighted by molar-refractivity contribution is 0.304. The molecule has 0 radical (unpaired) electrons. The Morgan fingerprint density at radius 3 is 3.00 bits per heavy atom. The van der Waals surface area contributed by atoms with Gasteiger partial charge in [0.05, 0.1) is 6.54 Å². The van der Waals surface area contributed by atoms with Crippen molar-refractivity contribution in [2.75, 3.05) is 13.1 Å². The van der Waals surface area contributed by atoms with Gasteiger partial charge in [-0.25, -0.2) is 0 Å². The summed E-state index contributed by atoms with van der Waals surface area (Å²) >= 11 is 0. The fourth-order valence-corrected chi connectivity index (χ4v) is 1.99. The molecular formula is C11H20N4O. The summed E-state index contributed by atoms with van der Waals surface area (Å²) in [5.41, 5.74) is 5.84. The molecule has 5 heteroatoms. The third-order valence-electron chi connectivity index (χ3n) is 2.77. The Balaban J connectivity index is 1.87. The maximum absolute atomic E-state index is 5.84. The minimum absolute atomic E-state index is 0.307. The summed E-state index contributed by atoms with van der Waals surface area (Å²) in [6.45, 7) is 7.02. The van der Waals surface area contributed by atoms with Crippen LogP contribution in [-0.4, -0.2) is 34.2 Å². The van der Waals surface area contributed by atoms with Crippen molar-refractivity contribution in [1.29, 1.82) is 0 Å². The number of hydrogen-bond donors (Lipinski definition) is 1. The van der Waals surface area contributed by atoms with Gasteiger partial charge in [0.15, 0.2) is 5.82 Å². The van der Waals surface area contributed by atoms with Gasteiger partial charge in [-0.3, -0.25) is 4.90 Å². The quantitative estimate of drug-likeness (QED) is 0.819. The number of aromatic nitrogens is 2. The molecule has 1 saturated heterocycles. The molecule has 1 aromatic rings. The molecule has 90 valence electrons. The molecule has 0 spiro atoms. The second kappa shape index (κ2) is 4.93. The average molecular weight is 224 g/mol. The van der Waals surface area contributed by atoms with Crippen molar-refractivity contribution < 1.29 is 4.52 Å². The van der Waals surface area contributed by atoms with E-state index < -0.39 is 0 Å². The topological polar surface area (TPSA) is 68.2 Å². The minimum atomic E-state index is 0.307. The van der Waals surface area contributed by atoms with E-state index in [0.29, 0.717) is 12.0 Å². The van der Waals surface area contributed by atoms with Crippen LogP contribution in [0.15, 0.2) is 4.52 Å². The van der Waals surface area contributed by atoms with Gasteiger partial charge < -0.3 is 10.3 Å². The SMILES string of the molecule is CC(C)Cc1nc(CN2CC[C@H](N)C2)no1. The van der Waals surface area contributed by atoms with Crippen LogP contribution >= 0.6 is 0 Å². The van der Waals surface area contributed by atoms with E-state index in [-0.39, 0.29) is 0 Å². The number of likely N-dealkylation sites (tertiary alicyclic amines) is 1. The lowest BCUT2D eigenvalue weighted by Gasteiger charge is -2.11. The van der Waals surface area contributed by atoms with Gasteiger partial charge >= 0.3 is 0 Å². The maximum atomic E-state index is 5.84. The highest BCUT2D eigenvalue weighted by atomic mass is 16.5. The molecule has 2 heterocycles. The molecule has 0 amide bonds. The lowest BCUT2D eigenvalue weighted by Crippen LogP contribution is -2.26. The van der Waals surface area contributed by atoms with Crippen LogP contribution in [0.5, 0.6) is 0 Å². The fraction of sp³-hybridized carbons (Fsp3) is 0.818. The molecule has 1 fully saturated rings. The maximum Gasteiger partial charge on any atom is 0.226 e. The van der Waals surface area contributed by atoms with E-state index in [1.807, 2.05) is 0 Å². The number of hydrogen-bond acceptors (Lipinski definition) is 5. The Kier molecular flexibility index (Phi) is 3.56. The second-order valence-corrected chi connectivity index (χ2v) is 4.99. The van der Waals surface area contributed by atoms with Gasteiger partial charge in [0.1, 0.15) is 0 Å². The zero-order chi connectivity index (χ0) is 11.5. The molecule has 0 bridgehead atoms. The zero-order valence-electron chi connectivity index (χ0n) is 10.0. The molecule has 5 nitrogen and oxygen atoms in total. The molecule has 1 aliphatic heterocycles. The van der Waals surface area contributed by atoms with Gasteiger partial charge in [0, 0.05) is 25.6 Å². The Hall–Kier alpha value is -0.940. The first-order valence-electron chi connectivity index (χ1n) is 5.93. The van der Waals surface area contributed by atoms with Crippen molar-refractivity contribution in [2.24, 2.45) is 11.7 Å². The molecule has 1 atom stereocenters. The van der Waals surface area contributed by atoms with E-state index in [1.165, 1.54) is 0 Å². The monoisotopic (exact) mass is 224 g/mol. The first kappa shape index (κ1) is 11.5. The van der Waals surface area contributed by atoms with Crippen LogP contribution < -0.4 is 5.73 Å². The minimum Gasteiger partial charge on any atom is -0.339 e. The van der Waals surface area contributed by atoms with Crippen molar-refractivity contribution in [2.45, 2.75) is 39.3 Å². The van der Waals surface area contributed by atoms with Gasteiger partial charge in [-0.05, 0) is 12.3 Å². The van der Waals surface area contributed by atoms with Gasteiger partial charge in [-0.15, -0.1) is 0 Å². The molecule has 1 aromatic heterocycles. The smallest absolute Gasteiger partial charge is 0.226 e. The van der Waals surface area contributed by atoms with Crippen molar-refractivity contribution in [3.8, 4) is 0 Å². The number of rotatable bonds is 4. The van der Waals surface area contributed by atoms with E-state index in [0.717, 1.165) is 44.2 Å². The predicted molar refractivity (Wildman–Crippen MR) is 60.7 cm³/mol. The van der Waals surface area contributed by atoms with Crippen molar-refractivity contribution in [1.82, 2.24) is 15.0 Å². The largest absolute Gasteiger partial charge is 0.339 e. The standard InChI is InChI=1S/C11H20N4O/c1-8(2)5-11-13-10(14-16-11)7-15-4-3-9(12)6-15/h8-9H,3-7,12H2,1-2H3/t9-/m0/s1. The van der Waals surface area contributed by atoms with Crippen LogP contribution in [0.2, 0.25) is 0 Å². The van der Waals surface area contributed by atoms with Crippen LogP contribution in [0.25, 0.3) is 0 Å². The van der Waals surface area contributed by atoms with Crippen LogP contribution in [0, 0.1) is 5.92 Å². The molecule has 2 N–H and O–H groups in total. The normalized spacial score (nSPS) is 22.1. The molecule has 1 aliphatic rings. The summed E-state index contributed by atoms with van der Waals surface area (Å²) in [6.07, 6.45) is 1.92. The van der Waals surface area contributed by atoms with Gasteiger partial charge in [0.25, 0.3) is 0 Å². The highest BCUT2D eigenvalue weighted by molar-refractivity contribution is 4.89. The summed E-state index contributed by atoms with van der Waals surface area (Å²) < 4.78 is 5.19. The summed E-state index contributed by atoms with van der Waals surface area (Å²) in [6, 6.07) is 0.307. The van der Waals surface area contributed by atoms with E-state index >= 15 is 0 Å². The number of nitrogens with zero attached hydrogens (tertiary/aromatic N) is 3. The summed E-state index contributed by atoms with van der Waals surface area (Å²) in [4.78, 5) is 6.65. The Morgan fingerprint density at radius 1 is 1.56 bits per heavy atom. The van der Waals surface area contributed by atoms with Gasteiger partial charge in [-0.1, -0.05) is 19.0 Å². The predicted octanol–water partition coefficient (Wildman–Crippen LogP) is 0.801. The molecule has 16 heavy (non-hydrogen) atoms. The fourth-order valence-electron chi connectivity index (χ4n) is 1.99. The van der Waals surface area contributed by atoms with E-state index in [9.17, 15) is 0 Å². The van der Waals surface area contributed by atoms with Crippen LogP contribution in [0.4, 0.5) is 0 Å². The highest BCUT2D eigenvalue weighted by Gasteiger charge is 2.20. The zero-order valence-corrected chi connectivity index (χ0v) is 10.0. The Labute approximate surface area is 96.0 Å². The van der Waals surface area contributed by atoms with Crippen LogP contribution in [0.3, 0.4) is 0 Å². The van der Waals surface area contributed by atoms with E-state index in [4.69, 9.17) is 10.3 Å². The average Bonchev–Trinajstić information content (AvgIpc) is 2.76. The van der Waals surface area contributed by atoms with Gasteiger partial charge in [0.2, 0.25) is 5.89 Å². The summed E-state index contributed by atoms with van der Waals surface area (Å²) in [5, 5.41) is 3.99. The molecule has 2 rings (SSSR count). The first-order valence-corrected chi connectivity index (χ1v) is 5.93. The Bertz CT molecular complexity index is 336. The van der Waals surface area contributed by atoms with Crippen molar-refractivity contribution in [3.05, 3.63) is 11.7 Å². The van der Waals surface area contributed by atoms with Crippen LogP contribution in [0.1, 0.15) is 32.0 Å². The molecule has 0 aromatic carbocycles. The number of nitrogens with two attached hydrogens (primary N) is 1. The molecule has 0 aliphatic carbocycles. The van der Waals surface area contributed by atoms with Crippen LogP contribution in [-0.2, 0) is 13.0 Å². The Morgan fingerprint density at radius 2 is 2.38 bits per heavy atom. The third-order valence-corrected chi connectivity index (χ3v) is 2.77. The molecule has 0 unspecified atom stereocenters. The molecule has 0 saturated carbocycles. The molecular weight excluding hydrogens is 204 g/mol. The summed E-state index contributed by atoms with van der Waals surface area (Å²) in [5.74, 6) is 2.08. The third kappa shape index (κ3) is 3.02.